The van der Waals surface area contributed by atoms with Gasteiger partial charge in [-0.05, 0) is 138 Å². The number of nitrogens with zero attached hydrogens (tertiary/aromatic N) is 11. The normalized spacial score (nSPS) is 11.2. The topological polar surface area (TPSA) is 164 Å². The number of fused-ring (bicyclic) bond motifs is 9. The Morgan fingerprint density at radius 3 is 1.06 bits per heavy atom. The van der Waals surface area contributed by atoms with Crippen molar-refractivity contribution in [3.05, 3.63) is 324 Å². The smallest absolute Gasteiger partial charge is 0.197 e. The average Bonchev–Trinajstić information content (AvgIpc) is 1.56. The predicted molar refractivity (Wildman–Crippen MR) is 393 cm³/mol. The molecule has 0 atom stereocenters. The van der Waals surface area contributed by atoms with E-state index in [1.807, 2.05) is 78.9 Å². The molecule has 4 aromatic heterocycles. The fraction of sp³-hybridized carbons (Fsp3) is 0. The van der Waals surface area contributed by atoms with E-state index in [4.69, 9.17) is 16.5 Å². The molecule has 0 unspecified atom stereocenters. The molecular formula is C88H47N11. The fourth-order valence-electron chi connectivity index (χ4n) is 14.5. The Labute approximate surface area is 568 Å². The van der Waals surface area contributed by atoms with Gasteiger partial charge in [0.2, 0.25) is 0 Å². The molecule has 0 spiro atoms. The zero-order valence-electron chi connectivity index (χ0n) is 52.6. The lowest BCUT2D eigenvalue weighted by molar-refractivity contribution is 1.16. The largest absolute Gasteiger partial charge is 0.309 e. The monoisotopic (exact) mass is 1260 g/mol. The maximum Gasteiger partial charge on any atom is 0.197 e. The third kappa shape index (κ3) is 9.61. The molecule has 99 heavy (non-hydrogen) atoms. The molecule has 4 heterocycles. The molecule has 0 aliphatic heterocycles. The highest BCUT2D eigenvalue weighted by atomic mass is 15.0. The van der Waals surface area contributed by atoms with Gasteiger partial charge in [0, 0.05) is 88.2 Å². The van der Waals surface area contributed by atoms with E-state index in [9.17, 15) is 26.3 Å². The number of rotatable bonds is 10. The Morgan fingerprint density at radius 1 is 0.293 bits per heavy atom. The van der Waals surface area contributed by atoms with Crippen molar-refractivity contribution in [3.8, 4) is 126 Å². The lowest BCUT2D eigenvalue weighted by atomic mass is 9.91. The summed E-state index contributed by atoms with van der Waals surface area (Å²) in [6, 6.07) is 107. The molecule has 17 rings (SSSR count). The first kappa shape index (κ1) is 58.1. The van der Waals surface area contributed by atoms with E-state index in [0.29, 0.717) is 33.5 Å². The van der Waals surface area contributed by atoms with Crippen LogP contribution in [0.25, 0.3) is 166 Å². The summed E-state index contributed by atoms with van der Waals surface area (Å²) in [5, 5.41) is 58.4. The van der Waals surface area contributed by atoms with Gasteiger partial charge < -0.3 is 13.7 Å². The Morgan fingerprint density at radius 2 is 0.657 bits per heavy atom. The van der Waals surface area contributed by atoms with Crippen LogP contribution in [0.15, 0.2) is 285 Å². The minimum absolute atomic E-state index is 0.145. The maximum absolute atomic E-state index is 10.8. The van der Waals surface area contributed by atoms with E-state index in [2.05, 4.69) is 231 Å². The van der Waals surface area contributed by atoms with Crippen LogP contribution in [-0.4, -0.2) is 23.7 Å². The zero-order valence-corrected chi connectivity index (χ0v) is 52.6. The molecule has 0 saturated carbocycles. The number of hydrogen-bond donors (Lipinski definition) is 0. The molecule has 0 aliphatic carbocycles. The molecule has 11 nitrogen and oxygen atoms in total. The number of aromatic nitrogens is 5. The van der Waals surface area contributed by atoms with Crippen LogP contribution in [0.3, 0.4) is 0 Å². The third-order valence-corrected chi connectivity index (χ3v) is 18.8. The van der Waals surface area contributed by atoms with Crippen LogP contribution >= 0.6 is 0 Å². The minimum atomic E-state index is 0.145. The summed E-state index contributed by atoms with van der Waals surface area (Å²) in [5.74, 6) is 0.500. The molecule has 13 aromatic carbocycles. The molecule has 0 radical (unpaired) electrons. The Balaban J connectivity index is 1.00. The number of hydrogen-bond acceptors (Lipinski definition) is 7. The van der Waals surface area contributed by atoms with E-state index in [1.165, 1.54) is 24.3 Å². The van der Waals surface area contributed by atoms with Gasteiger partial charge >= 0.3 is 0 Å². The molecule has 0 bridgehead atoms. The molecule has 0 saturated heterocycles. The van der Waals surface area contributed by atoms with E-state index in [0.717, 1.165) is 127 Å². The van der Waals surface area contributed by atoms with Gasteiger partial charge in [-0.1, -0.05) is 170 Å². The van der Waals surface area contributed by atoms with Crippen LogP contribution in [0.5, 0.6) is 0 Å². The number of nitriles is 5. The fourth-order valence-corrected chi connectivity index (χ4v) is 14.5. The van der Waals surface area contributed by atoms with Gasteiger partial charge in [0.25, 0.3) is 0 Å². The first-order chi connectivity index (χ1) is 48.8. The lowest BCUT2D eigenvalue weighted by Gasteiger charge is -2.22. The van der Waals surface area contributed by atoms with Crippen molar-refractivity contribution in [1.82, 2.24) is 23.7 Å². The van der Waals surface area contributed by atoms with Gasteiger partial charge in [-0.3, -0.25) is 0 Å². The van der Waals surface area contributed by atoms with Crippen LogP contribution in [-0.2, 0) is 0 Å². The second kappa shape index (κ2) is 23.7. The highest BCUT2D eigenvalue weighted by Gasteiger charge is 2.27. The predicted octanol–water partition coefficient (Wildman–Crippen LogP) is 21.3. The van der Waals surface area contributed by atoms with Gasteiger partial charge in [-0.2, -0.15) is 26.3 Å². The summed E-state index contributed by atoms with van der Waals surface area (Å²) >= 11 is 0. The first-order valence-electron chi connectivity index (χ1n) is 32.0. The molecule has 11 heteroatoms. The van der Waals surface area contributed by atoms with Crippen LogP contribution in [0.1, 0.15) is 27.8 Å². The molecule has 454 valence electrons. The van der Waals surface area contributed by atoms with Gasteiger partial charge in [0.15, 0.2) is 11.5 Å². The summed E-state index contributed by atoms with van der Waals surface area (Å²) in [6.07, 6.45) is 0. The van der Waals surface area contributed by atoms with E-state index in [-0.39, 0.29) is 33.5 Å². The minimum Gasteiger partial charge on any atom is -0.309 e. The van der Waals surface area contributed by atoms with E-state index in [1.54, 1.807) is 0 Å². The highest BCUT2D eigenvalue weighted by molar-refractivity contribution is 6.15. The third-order valence-electron chi connectivity index (χ3n) is 18.8. The van der Waals surface area contributed by atoms with Crippen molar-refractivity contribution in [3.63, 3.8) is 0 Å². The van der Waals surface area contributed by atoms with Crippen molar-refractivity contribution in [2.75, 3.05) is 0 Å². The van der Waals surface area contributed by atoms with Gasteiger partial charge in [-0.15, -0.1) is 0 Å². The van der Waals surface area contributed by atoms with E-state index < -0.39 is 0 Å². The van der Waals surface area contributed by atoms with Crippen LogP contribution < -0.4 is 0 Å². The maximum atomic E-state index is 10.8. The average molecular weight is 1260 g/mol. The molecule has 17 aromatic rings. The van der Waals surface area contributed by atoms with Crippen molar-refractivity contribution < 1.29 is 0 Å². The number of para-hydroxylation sites is 4. The highest BCUT2D eigenvalue weighted by Crippen LogP contribution is 2.48. The summed E-state index contributed by atoms with van der Waals surface area (Å²) in [6.45, 7) is 8.39. The molecule has 0 aliphatic rings. The standard InChI is InChI=1S/C88H47N11/c1-94-78-43-55(50-90)42-65(53-93)86(78)61-33-39-84-75(45-61)74-44-60(85-63(51-91)40-54(49-89)41-64(85)52-92)32-38-83(74)99(84)87-72(56-28-34-66(35-29-56)97-79-24-12-8-20-68(79)69-21-9-13-25-80(69)97)46-62(88-95-76(58-16-4-2-5-17-58)48-77(96-88)59-18-6-3-7-19-59)47-73(87)57-30-36-67(37-31-57)98-81-26-14-10-22-70(81)71-23-11-15-27-82(71)98/h2-48H. The van der Waals surface area contributed by atoms with Crippen molar-refractivity contribution in [1.29, 1.82) is 26.3 Å². The van der Waals surface area contributed by atoms with E-state index >= 15 is 0 Å². The molecule has 0 N–H and O–H groups in total. The zero-order chi connectivity index (χ0) is 66.8. The molecule has 0 fully saturated rings. The molecule has 0 amide bonds. The van der Waals surface area contributed by atoms with Gasteiger partial charge in [-0.25, -0.2) is 14.8 Å². The quantitative estimate of drug-likeness (QED) is 0.123. The first-order valence-corrected chi connectivity index (χ1v) is 32.0. The van der Waals surface area contributed by atoms with Crippen LogP contribution in [0, 0.1) is 63.2 Å². The second-order valence-corrected chi connectivity index (χ2v) is 24.3. The summed E-state index contributed by atoms with van der Waals surface area (Å²) in [7, 11) is 0. The second-order valence-electron chi connectivity index (χ2n) is 24.3. The van der Waals surface area contributed by atoms with Crippen molar-refractivity contribution >= 4 is 71.1 Å². The Hall–Kier alpha value is -14.7. The van der Waals surface area contributed by atoms with Gasteiger partial charge in [0.05, 0.1) is 109 Å². The number of benzene rings is 13. The van der Waals surface area contributed by atoms with Crippen molar-refractivity contribution in [2.45, 2.75) is 0 Å². The lowest BCUT2D eigenvalue weighted by Crippen LogP contribution is -2.04. The van der Waals surface area contributed by atoms with Gasteiger partial charge in [0.1, 0.15) is 0 Å². The summed E-state index contributed by atoms with van der Waals surface area (Å²) in [5.41, 5.74) is 18.9. The summed E-state index contributed by atoms with van der Waals surface area (Å²) < 4.78 is 6.88. The molecular weight excluding hydrogens is 1210 g/mol. The van der Waals surface area contributed by atoms with Crippen molar-refractivity contribution in [2.24, 2.45) is 0 Å². The Kier molecular flexibility index (Phi) is 13.9. The van der Waals surface area contributed by atoms with Crippen LogP contribution in [0.4, 0.5) is 5.69 Å². The summed E-state index contributed by atoms with van der Waals surface area (Å²) in [4.78, 5) is 14.8. The Bertz CT molecular complexity index is 5960. The SMILES string of the molecule is [C-]#[N+]c1cc(C#N)cc(C#N)c1-c1ccc2c(c1)c1cc(-c3c(C#N)cc(C#N)cc3C#N)ccc1n2-c1c(-c2ccc(-n3c4ccccc4c4ccccc43)cc2)cc(-c2nc(-c3ccccc3)cc(-c3ccccc3)n2)cc1-c1ccc(-n2c3ccccc3c3ccccc32)cc1. The van der Waals surface area contributed by atoms with Crippen LogP contribution in [0.2, 0.25) is 0 Å².